The van der Waals surface area contributed by atoms with Crippen LogP contribution < -0.4 is 5.56 Å². The largest absolute Gasteiger partial charge is 0.392 e. The molecular weight excluding hydrogens is 421 g/mol. The number of likely N-dealkylation sites (tertiary alicyclic amines) is 1. The van der Waals surface area contributed by atoms with Gasteiger partial charge in [0.05, 0.1) is 27.2 Å². The first-order valence-corrected chi connectivity index (χ1v) is 11.1. The normalized spacial score (nSPS) is 20.0. The number of hydrogen-bond acceptors (Lipinski definition) is 4. The van der Waals surface area contributed by atoms with Crippen molar-refractivity contribution in [3.63, 3.8) is 0 Å². The van der Waals surface area contributed by atoms with Gasteiger partial charge in [-0.15, -0.1) is 0 Å². The Bertz CT molecular complexity index is 1090. The fourth-order valence-electron chi connectivity index (χ4n) is 4.23. The Kier molecular flexibility index (Phi) is 6.74. The molecule has 4 rings (SSSR count). The molecule has 0 aliphatic carbocycles. The van der Waals surface area contributed by atoms with Gasteiger partial charge >= 0.3 is 0 Å². The summed E-state index contributed by atoms with van der Waals surface area (Å²) in [5, 5.41) is 11.8. The highest BCUT2D eigenvalue weighted by Gasteiger charge is 2.27. The molecule has 3 heterocycles. The van der Waals surface area contributed by atoms with E-state index in [-0.39, 0.29) is 17.6 Å². The van der Waals surface area contributed by atoms with Crippen molar-refractivity contribution in [2.24, 2.45) is 5.92 Å². The Hall–Kier alpha value is -1.92. The highest BCUT2D eigenvalue weighted by molar-refractivity contribution is 6.42. The molecule has 30 heavy (non-hydrogen) atoms. The van der Waals surface area contributed by atoms with E-state index in [1.807, 2.05) is 30.3 Å². The van der Waals surface area contributed by atoms with Crippen LogP contribution in [-0.4, -0.2) is 45.3 Å². The van der Waals surface area contributed by atoms with E-state index in [1.165, 1.54) is 0 Å². The topological polar surface area (TPSA) is 58.4 Å². The maximum atomic E-state index is 12.3. The standard InChI is InChI=1S/C23H25Cl2N3O2/c24-18-6-4-16(14-19(18)25)3-5-17-9-11-27(15-22(17)29)12-13-28-21-2-1-10-26-20(21)7-8-23(28)30/h1-2,4,6-8,10,14,17,22,29H,3,5,9,11-13,15H2/t17-,22+/m0/s1. The molecule has 3 aromatic rings. The van der Waals surface area contributed by atoms with E-state index >= 15 is 0 Å². The molecule has 1 saturated heterocycles. The van der Waals surface area contributed by atoms with Crippen LogP contribution in [0.5, 0.6) is 0 Å². The molecule has 0 radical (unpaired) electrons. The molecule has 2 atom stereocenters. The van der Waals surface area contributed by atoms with Crippen molar-refractivity contribution >= 4 is 34.2 Å². The highest BCUT2D eigenvalue weighted by Crippen LogP contribution is 2.26. The average molecular weight is 446 g/mol. The number of halogens is 2. The molecular formula is C23H25Cl2N3O2. The number of aromatic nitrogens is 2. The molecule has 158 valence electrons. The number of hydrogen-bond donors (Lipinski definition) is 1. The summed E-state index contributed by atoms with van der Waals surface area (Å²) >= 11 is 12.1. The quantitative estimate of drug-likeness (QED) is 0.622. The van der Waals surface area contributed by atoms with Crippen LogP contribution in [-0.2, 0) is 13.0 Å². The Morgan fingerprint density at radius 1 is 1.10 bits per heavy atom. The Labute approximate surface area is 185 Å². The van der Waals surface area contributed by atoms with Crippen molar-refractivity contribution < 1.29 is 5.11 Å². The zero-order chi connectivity index (χ0) is 21.1. The van der Waals surface area contributed by atoms with Gasteiger partial charge in [-0.2, -0.15) is 0 Å². The number of piperidine rings is 1. The van der Waals surface area contributed by atoms with Crippen molar-refractivity contribution in [3.8, 4) is 0 Å². The van der Waals surface area contributed by atoms with Gasteiger partial charge in [-0.1, -0.05) is 29.3 Å². The third-order valence-electron chi connectivity index (χ3n) is 5.99. The number of aliphatic hydroxyl groups excluding tert-OH is 1. The van der Waals surface area contributed by atoms with E-state index in [4.69, 9.17) is 23.2 Å². The van der Waals surface area contributed by atoms with Gasteiger partial charge in [0.15, 0.2) is 0 Å². The van der Waals surface area contributed by atoms with Gasteiger partial charge in [0, 0.05) is 31.9 Å². The number of pyridine rings is 2. The predicted octanol–water partition coefficient (Wildman–Crippen LogP) is 4.02. The van der Waals surface area contributed by atoms with E-state index in [0.717, 1.165) is 48.9 Å². The first-order valence-electron chi connectivity index (χ1n) is 10.3. The van der Waals surface area contributed by atoms with Crippen LogP contribution in [0.2, 0.25) is 10.0 Å². The van der Waals surface area contributed by atoms with Gasteiger partial charge in [-0.25, -0.2) is 0 Å². The molecule has 0 unspecified atom stereocenters. The summed E-state index contributed by atoms with van der Waals surface area (Å²) in [6.07, 6.45) is 4.09. The smallest absolute Gasteiger partial charge is 0.251 e. The lowest BCUT2D eigenvalue weighted by Crippen LogP contribution is -2.45. The minimum atomic E-state index is -0.368. The zero-order valence-corrected chi connectivity index (χ0v) is 18.2. The lowest BCUT2D eigenvalue weighted by Gasteiger charge is -2.36. The third-order valence-corrected chi connectivity index (χ3v) is 6.73. The highest BCUT2D eigenvalue weighted by atomic mass is 35.5. The van der Waals surface area contributed by atoms with Gasteiger partial charge in [-0.3, -0.25) is 14.7 Å². The molecule has 5 nitrogen and oxygen atoms in total. The summed E-state index contributed by atoms with van der Waals surface area (Å²) in [5.74, 6) is 0.264. The van der Waals surface area contributed by atoms with Gasteiger partial charge < -0.3 is 9.67 Å². The number of aliphatic hydroxyl groups is 1. The van der Waals surface area contributed by atoms with E-state index in [1.54, 1.807) is 22.9 Å². The van der Waals surface area contributed by atoms with Crippen LogP contribution in [0.1, 0.15) is 18.4 Å². The third kappa shape index (κ3) is 4.86. The molecule has 0 saturated carbocycles. The van der Waals surface area contributed by atoms with E-state index in [0.29, 0.717) is 23.1 Å². The van der Waals surface area contributed by atoms with Crippen molar-refractivity contribution in [2.45, 2.75) is 31.9 Å². The fraction of sp³-hybridized carbons (Fsp3) is 0.391. The lowest BCUT2D eigenvalue weighted by atomic mass is 9.88. The summed E-state index contributed by atoms with van der Waals surface area (Å²) in [6, 6.07) is 12.8. The summed E-state index contributed by atoms with van der Waals surface area (Å²) in [7, 11) is 0. The van der Waals surface area contributed by atoms with E-state index < -0.39 is 0 Å². The van der Waals surface area contributed by atoms with E-state index in [2.05, 4.69) is 9.88 Å². The Morgan fingerprint density at radius 3 is 2.77 bits per heavy atom. The molecule has 1 fully saturated rings. The summed E-state index contributed by atoms with van der Waals surface area (Å²) < 4.78 is 1.77. The minimum absolute atomic E-state index is 0.0208. The van der Waals surface area contributed by atoms with Crippen molar-refractivity contribution in [3.05, 3.63) is 74.6 Å². The second-order valence-electron chi connectivity index (χ2n) is 7.93. The minimum Gasteiger partial charge on any atom is -0.392 e. The molecule has 0 amide bonds. The summed E-state index contributed by atoms with van der Waals surface area (Å²) in [6.45, 7) is 2.86. The lowest BCUT2D eigenvalue weighted by molar-refractivity contribution is 0.0175. The number of aryl methyl sites for hydroxylation is 1. The maximum absolute atomic E-state index is 12.3. The fourth-order valence-corrected chi connectivity index (χ4v) is 4.55. The van der Waals surface area contributed by atoms with Crippen LogP contribution >= 0.6 is 23.2 Å². The van der Waals surface area contributed by atoms with Crippen LogP contribution in [0.25, 0.3) is 11.0 Å². The van der Waals surface area contributed by atoms with Gasteiger partial charge in [0.1, 0.15) is 0 Å². The van der Waals surface area contributed by atoms with Crippen molar-refractivity contribution in [2.75, 3.05) is 19.6 Å². The Morgan fingerprint density at radius 2 is 1.97 bits per heavy atom. The molecule has 0 bridgehead atoms. The summed E-state index contributed by atoms with van der Waals surface area (Å²) in [5.41, 5.74) is 2.79. The van der Waals surface area contributed by atoms with Crippen LogP contribution in [0.15, 0.2) is 53.5 Å². The molecule has 0 spiro atoms. The van der Waals surface area contributed by atoms with E-state index in [9.17, 15) is 9.90 Å². The maximum Gasteiger partial charge on any atom is 0.251 e. The molecule has 2 aromatic heterocycles. The number of β-amino-alcohol motifs (C(OH)–C–C–N with tert-alkyl or cyclic N) is 1. The molecule has 1 aliphatic heterocycles. The van der Waals surface area contributed by atoms with Crippen molar-refractivity contribution in [1.82, 2.24) is 14.5 Å². The monoisotopic (exact) mass is 445 g/mol. The second-order valence-corrected chi connectivity index (χ2v) is 8.75. The zero-order valence-electron chi connectivity index (χ0n) is 16.7. The molecule has 1 N–H and O–H groups in total. The number of benzene rings is 1. The van der Waals surface area contributed by atoms with Crippen LogP contribution in [0, 0.1) is 5.92 Å². The van der Waals surface area contributed by atoms with Gasteiger partial charge in [0.25, 0.3) is 5.56 Å². The van der Waals surface area contributed by atoms with Gasteiger partial charge in [0.2, 0.25) is 0 Å². The Balaban J connectivity index is 1.32. The summed E-state index contributed by atoms with van der Waals surface area (Å²) in [4.78, 5) is 18.9. The predicted molar refractivity (Wildman–Crippen MR) is 121 cm³/mol. The second kappa shape index (κ2) is 9.48. The SMILES string of the molecule is O=c1ccc2ncccc2n1CCN1CC[C@H](CCc2ccc(Cl)c(Cl)c2)[C@H](O)C1. The average Bonchev–Trinajstić information content (AvgIpc) is 2.75. The number of fused-ring (bicyclic) bond motifs is 1. The number of rotatable bonds is 6. The first-order chi connectivity index (χ1) is 14.5. The van der Waals surface area contributed by atoms with Gasteiger partial charge in [-0.05, 0) is 67.6 Å². The van der Waals surface area contributed by atoms with Crippen LogP contribution in [0.3, 0.4) is 0 Å². The van der Waals surface area contributed by atoms with Crippen molar-refractivity contribution in [1.29, 1.82) is 0 Å². The number of nitrogens with zero attached hydrogens (tertiary/aromatic N) is 3. The molecule has 1 aromatic carbocycles. The first kappa shape index (κ1) is 21.3. The molecule has 1 aliphatic rings. The van der Waals surface area contributed by atoms with Crippen LogP contribution in [0.4, 0.5) is 0 Å². The molecule has 7 heteroatoms.